The molecule has 0 aromatic carbocycles. The van der Waals surface area contributed by atoms with Crippen molar-refractivity contribution in [3.8, 4) is 0 Å². The van der Waals surface area contributed by atoms with Gasteiger partial charge in [-0.25, -0.2) is 9.97 Å². The third kappa shape index (κ3) is 3.51. The average Bonchev–Trinajstić information content (AvgIpc) is 2.81. The molecule has 0 radical (unpaired) electrons. The third-order valence-corrected chi connectivity index (χ3v) is 2.63. The molecule has 7 heteroatoms. The highest BCUT2D eigenvalue weighted by Gasteiger charge is 2.10. The van der Waals surface area contributed by atoms with Crippen molar-refractivity contribution < 1.29 is 4.79 Å². The van der Waals surface area contributed by atoms with Crippen LogP contribution in [0.4, 0.5) is 5.82 Å². The molecule has 3 N–H and O–H groups in total. The summed E-state index contributed by atoms with van der Waals surface area (Å²) in [6.45, 7) is 0.559. The summed E-state index contributed by atoms with van der Waals surface area (Å²) < 4.78 is 1.76. The van der Waals surface area contributed by atoms with Crippen molar-refractivity contribution in [3.05, 3.63) is 36.0 Å². The molecule has 100 valence electrons. The fourth-order valence-corrected chi connectivity index (χ4v) is 1.70. The highest BCUT2D eigenvalue weighted by molar-refractivity contribution is 5.96. The van der Waals surface area contributed by atoms with E-state index in [9.17, 15) is 4.79 Å². The molecule has 19 heavy (non-hydrogen) atoms. The lowest BCUT2D eigenvalue weighted by Crippen LogP contribution is -2.26. The maximum absolute atomic E-state index is 11.8. The fraction of sp³-hybridized carbons (Fsp3) is 0.333. The lowest BCUT2D eigenvalue weighted by Gasteiger charge is -2.05. The zero-order valence-corrected chi connectivity index (χ0v) is 10.7. The molecule has 2 rings (SSSR count). The van der Waals surface area contributed by atoms with Crippen LogP contribution in [-0.2, 0) is 13.5 Å². The van der Waals surface area contributed by atoms with Gasteiger partial charge in [-0.1, -0.05) is 0 Å². The second-order valence-electron chi connectivity index (χ2n) is 4.17. The number of amides is 1. The highest BCUT2D eigenvalue weighted by Crippen LogP contribution is 2.03. The number of hydrogen-bond acceptors (Lipinski definition) is 5. The molecule has 0 unspecified atom stereocenters. The molecule has 0 saturated carbocycles. The number of nitrogens with zero attached hydrogens (tertiary/aromatic N) is 4. The molecule has 2 aromatic heterocycles. The van der Waals surface area contributed by atoms with E-state index in [0.717, 1.165) is 18.4 Å². The number of hydrogen-bond donors (Lipinski definition) is 2. The monoisotopic (exact) mass is 260 g/mol. The summed E-state index contributed by atoms with van der Waals surface area (Å²) >= 11 is 0. The van der Waals surface area contributed by atoms with Crippen LogP contribution in [0.25, 0.3) is 0 Å². The number of nitrogen functional groups attached to an aromatic ring is 1. The van der Waals surface area contributed by atoms with E-state index in [2.05, 4.69) is 20.4 Å². The van der Waals surface area contributed by atoms with Crippen LogP contribution in [-0.4, -0.2) is 32.2 Å². The molecule has 0 atom stereocenters. The molecule has 0 bridgehead atoms. The average molecular weight is 260 g/mol. The zero-order chi connectivity index (χ0) is 13.7. The van der Waals surface area contributed by atoms with Crippen LogP contribution in [0.3, 0.4) is 0 Å². The molecule has 0 spiro atoms. The van der Waals surface area contributed by atoms with Crippen LogP contribution >= 0.6 is 0 Å². The number of nitrogens with one attached hydrogen (secondary N) is 1. The van der Waals surface area contributed by atoms with E-state index in [1.54, 1.807) is 4.68 Å². The third-order valence-electron chi connectivity index (χ3n) is 2.63. The van der Waals surface area contributed by atoms with Gasteiger partial charge in [0.05, 0.1) is 6.20 Å². The van der Waals surface area contributed by atoms with E-state index in [1.165, 1.54) is 12.4 Å². The standard InChI is InChI=1S/C12H16N6O/c1-18-8-9(7-17-18)3-2-4-16-12(19)10-11(13)15-6-5-14-10/h5-8H,2-4H2,1H3,(H2,13,15)(H,16,19). The maximum Gasteiger partial charge on any atom is 0.273 e. The molecule has 0 aliphatic heterocycles. The van der Waals surface area contributed by atoms with Gasteiger partial charge in [0.25, 0.3) is 5.91 Å². The van der Waals surface area contributed by atoms with Crippen molar-refractivity contribution >= 4 is 11.7 Å². The molecular weight excluding hydrogens is 244 g/mol. The van der Waals surface area contributed by atoms with Crippen LogP contribution in [0.15, 0.2) is 24.8 Å². The van der Waals surface area contributed by atoms with Crippen LogP contribution in [0, 0.1) is 0 Å². The Morgan fingerprint density at radius 1 is 1.42 bits per heavy atom. The van der Waals surface area contributed by atoms with Gasteiger partial charge in [0, 0.05) is 32.2 Å². The normalized spacial score (nSPS) is 10.4. The van der Waals surface area contributed by atoms with E-state index in [4.69, 9.17) is 5.73 Å². The van der Waals surface area contributed by atoms with E-state index in [-0.39, 0.29) is 17.4 Å². The largest absolute Gasteiger partial charge is 0.382 e. The summed E-state index contributed by atoms with van der Waals surface area (Å²) in [6.07, 6.45) is 8.38. The molecule has 0 saturated heterocycles. The van der Waals surface area contributed by atoms with Crippen LogP contribution in [0.2, 0.25) is 0 Å². The number of rotatable bonds is 5. The Morgan fingerprint density at radius 3 is 2.89 bits per heavy atom. The second kappa shape index (κ2) is 5.94. The van der Waals surface area contributed by atoms with Crippen LogP contribution < -0.4 is 11.1 Å². The first kappa shape index (κ1) is 13.0. The van der Waals surface area contributed by atoms with Crippen molar-refractivity contribution in [2.75, 3.05) is 12.3 Å². The Kier molecular flexibility index (Phi) is 4.07. The quantitative estimate of drug-likeness (QED) is 0.746. The van der Waals surface area contributed by atoms with Crippen molar-refractivity contribution in [1.29, 1.82) is 0 Å². The van der Waals surface area contributed by atoms with E-state index in [1.807, 2.05) is 19.4 Å². The van der Waals surface area contributed by atoms with Gasteiger partial charge in [-0.05, 0) is 18.4 Å². The lowest BCUT2D eigenvalue weighted by atomic mass is 10.2. The van der Waals surface area contributed by atoms with E-state index < -0.39 is 0 Å². The van der Waals surface area contributed by atoms with Gasteiger partial charge < -0.3 is 11.1 Å². The van der Waals surface area contributed by atoms with Gasteiger partial charge in [0.2, 0.25) is 0 Å². The second-order valence-corrected chi connectivity index (χ2v) is 4.17. The maximum atomic E-state index is 11.8. The summed E-state index contributed by atoms with van der Waals surface area (Å²) in [5.41, 5.74) is 6.89. The minimum absolute atomic E-state index is 0.146. The topological polar surface area (TPSA) is 98.7 Å². The van der Waals surface area contributed by atoms with Gasteiger partial charge in [-0.2, -0.15) is 5.10 Å². The number of carbonyl (C=O) groups excluding carboxylic acids is 1. The fourth-order valence-electron chi connectivity index (χ4n) is 1.70. The molecular formula is C12H16N6O. The summed E-state index contributed by atoms with van der Waals surface area (Å²) in [5.74, 6) is -0.149. The number of nitrogens with two attached hydrogens (primary N) is 1. The van der Waals surface area contributed by atoms with Crippen molar-refractivity contribution in [2.24, 2.45) is 7.05 Å². The van der Waals surface area contributed by atoms with Crippen LogP contribution in [0.1, 0.15) is 22.5 Å². The first-order chi connectivity index (χ1) is 9.16. The molecule has 0 aliphatic carbocycles. The zero-order valence-electron chi connectivity index (χ0n) is 10.7. The molecule has 2 heterocycles. The Labute approximate surface area is 110 Å². The first-order valence-corrected chi connectivity index (χ1v) is 5.99. The van der Waals surface area contributed by atoms with Gasteiger partial charge >= 0.3 is 0 Å². The number of aromatic nitrogens is 4. The predicted octanol–water partition coefficient (Wildman–Crippen LogP) is 0.155. The number of anilines is 1. The molecule has 7 nitrogen and oxygen atoms in total. The Bertz CT molecular complexity index is 565. The Hall–Kier alpha value is -2.44. The van der Waals surface area contributed by atoms with Crippen molar-refractivity contribution in [1.82, 2.24) is 25.1 Å². The van der Waals surface area contributed by atoms with E-state index >= 15 is 0 Å². The van der Waals surface area contributed by atoms with Gasteiger partial charge in [-0.3, -0.25) is 9.48 Å². The highest BCUT2D eigenvalue weighted by atomic mass is 16.1. The minimum atomic E-state index is -0.295. The first-order valence-electron chi connectivity index (χ1n) is 5.99. The Morgan fingerprint density at radius 2 is 2.21 bits per heavy atom. The summed E-state index contributed by atoms with van der Waals surface area (Å²) in [7, 11) is 1.88. The van der Waals surface area contributed by atoms with E-state index in [0.29, 0.717) is 6.54 Å². The smallest absolute Gasteiger partial charge is 0.273 e. The summed E-state index contributed by atoms with van der Waals surface area (Å²) in [6, 6.07) is 0. The number of carbonyl (C=O) groups is 1. The lowest BCUT2D eigenvalue weighted by molar-refractivity contribution is 0.0949. The predicted molar refractivity (Wildman–Crippen MR) is 70.3 cm³/mol. The Balaban J connectivity index is 1.77. The SMILES string of the molecule is Cn1cc(CCCNC(=O)c2nccnc2N)cn1. The van der Waals surface area contributed by atoms with Gasteiger partial charge in [0.1, 0.15) is 0 Å². The molecule has 1 amide bonds. The van der Waals surface area contributed by atoms with Crippen molar-refractivity contribution in [2.45, 2.75) is 12.8 Å². The van der Waals surface area contributed by atoms with Gasteiger partial charge in [-0.15, -0.1) is 0 Å². The summed E-state index contributed by atoms with van der Waals surface area (Å²) in [5, 5.41) is 6.85. The minimum Gasteiger partial charge on any atom is -0.382 e. The van der Waals surface area contributed by atoms with Crippen molar-refractivity contribution in [3.63, 3.8) is 0 Å². The number of aryl methyl sites for hydroxylation is 2. The van der Waals surface area contributed by atoms with Gasteiger partial charge in [0.15, 0.2) is 11.5 Å². The molecule has 0 fully saturated rings. The molecule has 2 aromatic rings. The molecule has 0 aliphatic rings. The summed E-state index contributed by atoms with van der Waals surface area (Å²) in [4.78, 5) is 19.5. The van der Waals surface area contributed by atoms with Crippen LogP contribution in [0.5, 0.6) is 0 Å².